The lowest BCUT2D eigenvalue weighted by atomic mass is 9.84. The molecule has 2 fully saturated rings. The van der Waals surface area contributed by atoms with Crippen LogP contribution in [0.15, 0.2) is 66.9 Å². The molecule has 2 amide bonds. The number of benzene rings is 2. The van der Waals surface area contributed by atoms with Crippen LogP contribution in [-0.4, -0.2) is 33.9 Å². The number of amides is 2. The Morgan fingerprint density at radius 3 is 2.30 bits per heavy atom. The third-order valence-electron chi connectivity index (χ3n) is 7.20. The molecule has 0 spiro atoms. The molecule has 1 atom stereocenters. The van der Waals surface area contributed by atoms with Crippen LogP contribution in [0.3, 0.4) is 0 Å². The van der Waals surface area contributed by atoms with Gasteiger partial charge in [0.25, 0.3) is 0 Å². The van der Waals surface area contributed by atoms with Crippen LogP contribution in [0, 0.1) is 11.7 Å². The smallest absolute Gasteiger partial charge is 0.247 e. The van der Waals surface area contributed by atoms with Gasteiger partial charge in [-0.2, -0.15) is 0 Å². The second-order valence-electron chi connectivity index (χ2n) is 9.33. The van der Waals surface area contributed by atoms with E-state index >= 15 is 0 Å². The first-order valence-corrected chi connectivity index (χ1v) is 11.8. The van der Waals surface area contributed by atoms with E-state index in [2.05, 4.69) is 4.57 Å². The van der Waals surface area contributed by atoms with E-state index in [0.29, 0.717) is 0 Å². The van der Waals surface area contributed by atoms with Crippen molar-refractivity contribution in [3.8, 4) is 5.69 Å². The predicted molar refractivity (Wildman–Crippen MR) is 124 cm³/mol. The highest BCUT2D eigenvalue weighted by Gasteiger charge is 2.42. The molecular formula is C27H26FN3O2. The van der Waals surface area contributed by atoms with Crippen molar-refractivity contribution in [1.29, 1.82) is 0 Å². The molecule has 2 aliphatic carbocycles. The maximum Gasteiger partial charge on any atom is 0.247 e. The second kappa shape index (κ2) is 7.87. The molecule has 1 unspecified atom stereocenters. The molecule has 3 aromatic rings. The molecule has 0 N–H and O–H groups in total. The van der Waals surface area contributed by atoms with E-state index in [0.717, 1.165) is 54.7 Å². The first-order valence-electron chi connectivity index (χ1n) is 11.8. The number of para-hydroxylation sites is 2. The molecule has 0 bridgehead atoms. The Kier molecular flexibility index (Phi) is 4.82. The molecule has 0 saturated heterocycles. The Hall–Kier alpha value is -3.41. The summed E-state index contributed by atoms with van der Waals surface area (Å²) >= 11 is 0. The molecule has 3 aliphatic rings. The minimum Gasteiger partial charge on any atom is -0.330 e. The molecule has 6 rings (SSSR count). The van der Waals surface area contributed by atoms with Crippen LogP contribution in [0.25, 0.3) is 5.69 Å². The van der Waals surface area contributed by atoms with Gasteiger partial charge >= 0.3 is 0 Å². The lowest BCUT2D eigenvalue weighted by Crippen LogP contribution is -2.49. The van der Waals surface area contributed by atoms with E-state index in [9.17, 15) is 14.0 Å². The summed E-state index contributed by atoms with van der Waals surface area (Å²) in [6.07, 6.45) is 6.86. The largest absolute Gasteiger partial charge is 0.330 e. The summed E-state index contributed by atoms with van der Waals surface area (Å²) in [5.41, 5.74) is 3.50. The van der Waals surface area contributed by atoms with E-state index in [1.165, 1.54) is 12.1 Å². The minimum absolute atomic E-state index is 0.0668. The Bertz CT molecular complexity index is 1210. The predicted octanol–water partition coefficient (Wildman–Crippen LogP) is 4.84. The molecule has 2 aromatic carbocycles. The van der Waals surface area contributed by atoms with Crippen LogP contribution in [0.4, 0.5) is 10.1 Å². The van der Waals surface area contributed by atoms with Crippen LogP contribution < -0.4 is 4.90 Å². The van der Waals surface area contributed by atoms with Gasteiger partial charge in [-0.25, -0.2) is 4.39 Å². The van der Waals surface area contributed by atoms with Gasteiger partial charge in [0.05, 0.1) is 17.1 Å². The number of nitrogens with zero attached hydrogens (tertiary/aromatic N) is 3. The molecule has 5 nitrogen and oxygen atoms in total. The van der Waals surface area contributed by atoms with Gasteiger partial charge in [0.1, 0.15) is 18.4 Å². The molecule has 2 heterocycles. The first kappa shape index (κ1) is 20.2. The van der Waals surface area contributed by atoms with Crippen molar-refractivity contribution in [2.24, 2.45) is 5.92 Å². The average Bonchev–Trinajstić information content (AvgIpc) is 3.51. The highest BCUT2D eigenvalue weighted by molar-refractivity contribution is 6.00. The van der Waals surface area contributed by atoms with E-state index in [-0.39, 0.29) is 36.1 Å². The molecule has 1 aliphatic heterocycles. The summed E-state index contributed by atoms with van der Waals surface area (Å²) in [5.74, 6) is -0.223. The van der Waals surface area contributed by atoms with Crippen LogP contribution in [0.1, 0.15) is 49.4 Å². The molecule has 0 radical (unpaired) electrons. The third-order valence-corrected chi connectivity index (χ3v) is 7.20. The van der Waals surface area contributed by atoms with Crippen LogP contribution >= 0.6 is 0 Å². The van der Waals surface area contributed by atoms with Crippen molar-refractivity contribution >= 4 is 17.5 Å². The number of hydrogen-bond acceptors (Lipinski definition) is 2. The van der Waals surface area contributed by atoms with Gasteiger partial charge in [-0.3, -0.25) is 14.5 Å². The van der Waals surface area contributed by atoms with Crippen molar-refractivity contribution in [2.75, 3.05) is 11.4 Å². The summed E-state index contributed by atoms with van der Waals surface area (Å²) < 4.78 is 15.8. The van der Waals surface area contributed by atoms with Gasteiger partial charge in [0.2, 0.25) is 11.8 Å². The Morgan fingerprint density at radius 2 is 1.64 bits per heavy atom. The SMILES string of the molecule is O=C(C1CCC1)N(CC(=O)N1c2ccccc2-n2cccc2C1c1ccc(F)cc1)C1CC1. The standard InChI is InChI=1S/C27H26FN3O2/c28-20-12-10-18(11-13-20)26-24-9-4-16-29(24)22-7-1-2-8-23(22)31(26)25(32)17-30(21-14-15-21)27(33)19-5-3-6-19/h1-2,4,7-13,16,19,21,26H,3,5-6,14-15,17H2. The molecule has 6 heteroatoms. The third kappa shape index (κ3) is 3.45. The van der Waals surface area contributed by atoms with Gasteiger partial charge < -0.3 is 9.47 Å². The fourth-order valence-electron chi connectivity index (χ4n) is 5.11. The monoisotopic (exact) mass is 443 g/mol. The summed E-state index contributed by atoms with van der Waals surface area (Å²) in [5, 5.41) is 0. The Balaban J connectivity index is 1.41. The molecule has 33 heavy (non-hydrogen) atoms. The quantitative estimate of drug-likeness (QED) is 0.566. The lowest BCUT2D eigenvalue weighted by Gasteiger charge is -2.40. The average molecular weight is 444 g/mol. The fourth-order valence-corrected chi connectivity index (χ4v) is 5.11. The second-order valence-corrected chi connectivity index (χ2v) is 9.33. The summed E-state index contributed by atoms with van der Waals surface area (Å²) in [6, 6.07) is 17.9. The van der Waals surface area contributed by atoms with Crippen molar-refractivity contribution in [2.45, 2.75) is 44.2 Å². The van der Waals surface area contributed by atoms with Crippen LogP contribution in [-0.2, 0) is 9.59 Å². The molecular weight excluding hydrogens is 417 g/mol. The van der Waals surface area contributed by atoms with Crippen molar-refractivity contribution in [3.05, 3.63) is 83.9 Å². The maximum absolute atomic E-state index is 14.0. The van der Waals surface area contributed by atoms with Crippen molar-refractivity contribution in [3.63, 3.8) is 0 Å². The van der Waals surface area contributed by atoms with Crippen molar-refractivity contribution in [1.82, 2.24) is 9.47 Å². The summed E-state index contributed by atoms with van der Waals surface area (Å²) in [4.78, 5) is 30.7. The Morgan fingerprint density at radius 1 is 0.909 bits per heavy atom. The summed E-state index contributed by atoms with van der Waals surface area (Å²) in [7, 11) is 0. The van der Waals surface area contributed by atoms with Crippen molar-refractivity contribution < 1.29 is 14.0 Å². The number of rotatable bonds is 5. The van der Waals surface area contributed by atoms with Gasteiger partial charge in [-0.1, -0.05) is 30.7 Å². The summed E-state index contributed by atoms with van der Waals surface area (Å²) in [6.45, 7) is 0.0761. The van der Waals surface area contributed by atoms with Crippen LogP contribution in [0.2, 0.25) is 0 Å². The number of hydrogen-bond donors (Lipinski definition) is 0. The van der Waals surface area contributed by atoms with E-state index in [1.807, 2.05) is 47.5 Å². The topological polar surface area (TPSA) is 45.6 Å². The van der Waals surface area contributed by atoms with E-state index in [4.69, 9.17) is 0 Å². The van der Waals surface area contributed by atoms with Crippen LogP contribution in [0.5, 0.6) is 0 Å². The van der Waals surface area contributed by atoms with Gasteiger partial charge in [-0.15, -0.1) is 0 Å². The van der Waals surface area contributed by atoms with Gasteiger partial charge in [0, 0.05) is 18.2 Å². The highest BCUT2D eigenvalue weighted by atomic mass is 19.1. The fraction of sp³-hybridized carbons (Fsp3) is 0.333. The zero-order valence-corrected chi connectivity index (χ0v) is 18.4. The number of fused-ring (bicyclic) bond motifs is 3. The first-order chi connectivity index (χ1) is 16.1. The number of halogens is 1. The van der Waals surface area contributed by atoms with E-state index < -0.39 is 6.04 Å². The minimum atomic E-state index is -0.400. The zero-order chi connectivity index (χ0) is 22.5. The molecule has 2 saturated carbocycles. The highest BCUT2D eigenvalue weighted by Crippen LogP contribution is 2.43. The van der Waals surface area contributed by atoms with Gasteiger partial charge in [0.15, 0.2) is 0 Å². The van der Waals surface area contributed by atoms with Gasteiger partial charge in [-0.05, 0) is 67.6 Å². The number of aromatic nitrogens is 1. The number of carbonyl (C=O) groups is 2. The van der Waals surface area contributed by atoms with E-state index in [1.54, 1.807) is 17.0 Å². The normalized spacial score (nSPS) is 19.4. The number of anilines is 1. The molecule has 1 aromatic heterocycles. The maximum atomic E-state index is 14.0. The molecule has 168 valence electrons. The lowest BCUT2D eigenvalue weighted by molar-refractivity contribution is -0.141. The zero-order valence-electron chi connectivity index (χ0n) is 18.4. The Labute approximate surface area is 192 Å². The number of carbonyl (C=O) groups excluding carboxylic acids is 2.